The number of carbonyl (C=O) groups is 3. The van der Waals surface area contributed by atoms with Gasteiger partial charge in [0.05, 0.1) is 24.7 Å². The molecule has 7 nitrogen and oxygen atoms in total. The SMILES string of the molecule is COC(=O)c1ccc(NC(=O)COC(=O)CC23C[C@@H]4C[C@@H](CC(O)(C4)C2)C3)cc1. The number of nitrogens with one attached hydrogen (secondary N) is 1. The van der Waals surface area contributed by atoms with Crippen LogP contribution in [0, 0.1) is 17.3 Å². The Balaban J connectivity index is 1.27. The average Bonchev–Trinajstić information content (AvgIpc) is 2.64. The maximum absolute atomic E-state index is 12.4. The molecule has 1 amide bonds. The van der Waals surface area contributed by atoms with Crippen molar-refractivity contribution in [2.75, 3.05) is 19.0 Å². The number of aliphatic hydroxyl groups is 1. The van der Waals surface area contributed by atoms with Crippen LogP contribution in [0.15, 0.2) is 24.3 Å². The van der Waals surface area contributed by atoms with Gasteiger partial charge in [0.25, 0.3) is 5.91 Å². The van der Waals surface area contributed by atoms with Crippen LogP contribution in [0.5, 0.6) is 0 Å². The smallest absolute Gasteiger partial charge is 0.337 e. The van der Waals surface area contributed by atoms with Crippen molar-refractivity contribution in [1.29, 1.82) is 0 Å². The first-order valence-electron chi connectivity index (χ1n) is 10.1. The number of hydrogen-bond acceptors (Lipinski definition) is 6. The van der Waals surface area contributed by atoms with Gasteiger partial charge in [-0.05, 0) is 80.0 Å². The minimum atomic E-state index is -0.613. The summed E-state index contributed by atoms with van der Waals surface area (Å²) < 4.78 is 9.85. The summed E-state index contributed by atoms with van der Waals surface area (Å²) in [6.07, 6.45) is 5.76. The predicted molar refractivity (Wildman–Crippen MR) is 104 cm³/mol. The van der Waals surface area contributed by atoms with Crippen LogP contribution in [0.2, 0.25) is 0 Å². The summed E-state index contributed by atoms with van der Waals surface area (Å²) in [5.74, 6) is -0.262. The summed E-state index contributed by atoms with van der Waals surface area (Å²) >= 11 is 0. The van der Waals surface area contributed by atoms with Gasteiger partial charge in [0.15, 0.2) is 6.61 Å². The first-order valence-corrected chi connectivity index (χ1v) is 10.1. The van der Waals surface area contributed by atoms with Gasteiger partial charge >= 0.3 is 11.9 Å². The largest absolute Gasteiger partial charge is 0.465 e. The van der Waals surface area contributed by atoms with Gasteiger partial charge in [-0.1, -0.05) is 0 Å². The van der Waals surface area contributed by atoms with E-state index in [0.29, 0.717) is 29.5 Å². The van der Waals surface area contributed by atoms with E-state index in [1.165, 1.54) is 7.11 Å². The van der Waals surface area contributed by atoms with E-state index < -0.39 is 17.5 Å². The van der Waals surface area contributed by atoms with Crippen LogP contribution in [-0.4, -0.2) is 42.3 Å². The van der Waals surface area contributed by atoms with Gasteiger partial charge < -0.3 is 19.9 Å². The number of esters is 2. The highest BCUT2D eigenvalue weighted by Crippen LogP contribution is 2.62. The van der Waals surface area contributed by atoms with Crippen LogP contribution in [0.1, 0.15) is 55.3 Å². The zero-order valence-electron chi connectivity index (χ0n) is 16.6. The van der Waals surface area contributed by atoms with Crippen LogP contribution in [0.25, 0.3) is 0 Å². The Bertz CT molecular complexity index is 803. The summed E-state index contributed by atoms with van der Waals surface area (Å²) in [5.41, 5.74) is 0.102. The molecule has 0 spiro atoms. The molecule has 0 aromatic heterocycles. The molecule has 1 aromatic rings. The van der Waals surface area contributed by atoms with E-state index in [-0.39, 0.29) is 24.4 Å². The Morgan fingerprint density at radius 2 is 1.76 bits per heavy atom. The van der Waals surface area contributed by atoms with Gasteiger partial charge in [-0.15, -0.1) is 0 Å². The second-order valence-corrected chi connectivity index (χ2v) is 9.14. The van der Waals surface area contributed by atoms with Crippen molar-refractivity contribution < 1.29 is 29.0 Å². The Morgan fingerprint density at radius 3 is 2.34 bits per heavy atom. The van der Waals surface area contributed by atoms with Crippen LogP contribution in [0.3, 0.4) is 0 Å². The van der Waals surface area contributed by atoms with Crippen LogP contribution < -0.4 is 5.32 Å². The fraction of sp³-hybridized carbons (Fsp3) is 0.591. The molecule has 2 N–H and O–H groups in total. The normalized spacial score (nSPS) is 31.9. The third-order valence-electron chi connectivity index (χ3n) is 6.62. The van der Waals surface area contributed by atoms with Gasteiger partial charge in [0.2, 0.25) is 0 Å². The molecular weight excluding hydrogens is 374 g/mol. The second-order valence-electron chi connectivity index (χ2n) is 9.14. The van der Waals surface area contributed by atoms with Crippen molar-refractivity contribution >= 4 is 23.5 Å². The van der Waals surface area contributed by atoms with E-state index in [9.17, 15) is 19.5 Å². The van der Waals surface area contributed by atoms with E-state index in [2.05, 4.69) is 10.1 Å². The number of methoxy groups -OCH3 is 1. The molecule has 7 heteroatoms. The van der Waals surface area contributed by atoms with Crippen LogP contribution >= 0.6 is 0 Å². The van der Waals surface area contributed by atoms with E-state index in [1.807, 2.05) is 0 Å². The number of ether oxygens (including phenoxy) is 2. The number of amides is 1. The van der Waals surface area contributed by atoms with Crippen molar-refractivity contribution in [1.82, 2.24) is 0 Å². The molecule has 0 heterocycles. The topological polar surface area (TPSA) is 102 Å². The van der Waals surface area contributed by atoms with Gasteiger partial charge in [-0.25, -0.2) is 4.79 Å². The fourth-order valence-electron chi connectivity index (χ4n) is 6.12. The maximum atomic E-state index is 12.4. The summed E-state index contributed by atoms with van der Waals surface area (Å²) in [6, 6.07) is 6.26. The van der Waals surface area contributed by atoms with Crippen molar-refractivity contribution in [3.8, 4) is 0 Å². The Morgan fingerprint density at radius 1 is 1.10 bits per heavy atom. The lowest BCUT2D eigenvalue weighted by molar-refractivity contribution is -0.177. The highest BCUT2D eigenvalue weighted by Gasteiger charge is 2.57. The molecule has 4 aliphatic carbocycles. The van der Waals surface area contributed by atoms with Gasteiger partial charge in [-0.3, -0.25) is 9.59 Å². The predicted octanol–water partition coefficient (Wildman–Crippen LogP) is 2.68. The Kier molecular flexibility index (Phi) is 5.11. The molecule has 4 fully saturated rings. The fourth-order valence-corrected chi connectivity index (χ4v) is 6.12. The standard InChI is InChI=1S/C22H27NO6/c1-28-20(26)16-2-4-17(5-3-16)23-18(24)12-29-19(25)11-21-7-14-6-15(8-21)10-22(27,9-14)13-21/h2-5,14-15,27H,6-13H2,1H3,(H,23,24)/t14-,15+,21?,22?. The van der Waals surface area contributed by atoms with Crippen molar-refractivity contribution in [3.05, 3.63) is 29.8 Å². The first kappa shape index (κ1) is 19.9. The lowest BCUT2D eigenvalue weighted by Gasteiger charge is -2.60. The molecule has 0 saturated heterocycles. The van der Waals surface area contributed by atoms with Crippen molar-refractivity contribution in [3.63, 3.8) is 0 Å². The van der Waals surface area contributed by atoms with E-state index in [1.54, 1.807) is 24.3 Å². The van der Waals surface area contributed by atoms with Crippen molar-refractivity contribution in [2.45, 2.75) is 50.5 Å². The van der Waals surface area contributed by atoms with E-state index in [0.717, 1.165) is 32.1 Å². The molecule has 29 heavy (non-hydrogen) atoms. The lowest BCUT2D eigenvalue weighted by Crippen LogP contribution is -2.56. The zero-order chi connectivity index (χ0) is 20.6. The molecular formula is C22H27NO6. The number of rotatable bonds is 6. The summed E-state index contributed by atoms with van der Waals surface area (Å²) in [6.45, 7) is -0.356. The number of hydrogen-bond donors (Lipinski definition) is 2. The summed E-state index contributed by atoms with van der Waals surface area (Å²) in [4.78, 5) is 35.9. The molecule has 0 radical (unpaired) electrons. The number of benzene rings is 1. The van der Waals surface area contributed by atoms with Gasteiger partial charge in [0, 0.05) is 5.69 Å². The van der Waals surface area contributed by atoms with Gasteiger partial charge in [0.1, 0.15) is 0 Å². The monoisotopic (exact) mass is 401 g/mol. The molecule has 4 atom stereocenters. The van der Waals surface area contributed by atoms with E-state index in [4.69, 9.17) is 4.74 Å². The molecule has 156 valence electrons. The molecule has 5 rings (SSSR count). The van der Waals surface area contributed by atoms with E-state index >= 15 is 0 Å². The quantitative estimate of drug-likeness (QED) is 0.711. The van der Waals surface area contributed by atoms with Crippen LogP contribution in [0.4, 0.5) is 5.69 Å². The summed E-state index contributed by atoms with van der Waals surface area (Å²) in [5, 5.41) is 13.4. The molecule has 2 unspecified atom stereocenters. The van der Waals surface area contributed by atoms with Crippen LogP contribution in [-0.2, 0) is 19.1 Å². The Labute approximate surface area is 169 Å². The second kappa shape index (κ2) is 7.44. The minimum Gasteiger partial charge on any atom is -0.465 e. The maximum Gasteiger partial charge on any atom is 0.337 e. The number of anilines is 1. The molecule has 1 aromatic carbocycles. The van der Waals surface area contributed by atoms with Gasteiger partial charge in [-0.2, -0.15) is 0 Å². The zero-order valence-corrected chi connectivity index (χ0v) is 16.6. The first-order chi connectivity index (χ1) is 13.8. The Hall–Kier alpha value is -2.41. The average molecular weight is 401 g/mol. The highest BCUT2D eigenvalue weighted by atomic mass is 16.5. The lowest BCUT2D eigenvalue weighted by atomic mass is 9.47. The summed E-state index contributed by atoms with van der Waals surface area (Å²) in [7, 11) is 1.30. The third kappa shape index (κ3) is 4.29. The molecule has 4 aliphatic rings. The molecule has 4 saturated carbocycles. The minimum absolute atomic E-state index is 0.171. The third-order valence-corrected chi connectivity index (χ3v) is 6.62. The number of carbonyl (C=O) groups excluding carboxylic acids is 3. The molecule has 0 aliphatic heterocycles. The van der Waals surface area contributed by atoms with Crippen molar-refractivity contribution in [2.24, 2.45) is 17.3 Å². The highest BCUT2D eigenvalue weighted by molar-refractivity contribution is 5.94. The molecule has 4 bridgehead atoms.